The number of hydrogen-bond acceptors (Lipinski definition) is 7. The van der Waals surface area contributed by atoms with Crippen molar-refractivity contribution < 1.29 is 22.7 Å². The van der Waals surface area contributed by atoms with Gasteiger partial charge in [-0.05, 0) is 68.0 Å². The lowest BCUT2D eigenvalue weighted by Gasteiger charge is -2.49. The Morgan fingerprint density at radius 2 is 1.76 bits per heavy atom. The average Bonchev–Trinajstić information content (AvgIpc) is 3.61. The first kappa shape index (κ1) is 28.5. The summed E-state index contributed by atoms with van der Waals surface area (Å²) >= 11 is 0. The Bertz CT molecular complexity index is 1790. The first-order chi connectivity index (χ1) is 21.8. The number of nitrogens with one attached hydrogen (secondary N) is 1. The van der Waals surface area contributed by atoms with Crippen LogP contribution in [-0.2, 0) is 11.2 Å². The number of pyridine rings is 1. The number of rotatable bonds is 7. The summed E-state index contributed by atoms with van der Waals surface area (Å²) in [6, 6.07) is 10.2. The van der Waals surface area contributed by atoms with Gasteiger partial charge in [-0.3, -0.25) is 14.7 Å². The van der Waals surface area contributed by atoms with E-state index >= 15 is 4.39 Å². The smallest absolute Gasteiger partial charge is 0.319 e. The molecule has 8 nitrogen and oxygen atoms in total. The first-order valence-corrected chi connectivity index (χ1v) is 15.9. The summed E-state index contributed by atoms with van der Waals surface area (Å²) in [5, 5.41) is 4.62. The van der Waals surface area contributed by atoms with E-state index < -0.39 is 12.2 Å². The minimum Gasteiger partial charge on any atom is -0.461 e. The molecule has 0 radical (unpaired) electrons. The Kier molecular flexibility index (Phi) is 6.85. The number of alkyl halides is 2. The van der Waals surface area contributed by atoms with Crippen LogP contribution in [0.15, 0.2) is 42.6 Å². The molecule has 8 rings (SSSR count). The van der Waals surface area contributed by atoms with Crippen molar-refractivity contribution in [3.8, 4) is 6.01 Å². The molecule has 1 atom stereocenters. The molecule has 11 heteroatoms. The van der Waals surface area contributed by atoms with Crippen LogP contribution >= 0.6 is 0 Å². The van der Waals surface area contributed by atoms with Crippen molar-refractivity contribution in [3.63, 3.8) is 0 Å². The predicted octanol–water partition coefficient (Wildman–Crippen LogP) is 5.71. The summed E-state index contributed by atoms with van der Waals surface area (Å²) in [6.45, 7) is 3.79. The molecular weight excluding hydrogens is 581 g/mol. The number of amides is 1. The number of fused-ring (bicyclic) bond motifs is 3. The molecule has 2 aromatic heterocycles. The second-order valence-electron chi connectivity index (χ2n) is 13.2. The maximum absolute atomic E-state index is 16.5. The number of halogens is 3. The van der Waals surface area contributed by atoms with E-state index in [-0.39, 0.29) is 46.2 Å². The second-order valence-corrected chi connectivity index (χ2v) is 13.2. The number of carbonyl (C=O) groups is 1. The lowest BCUT2D eigenvalue weighted by Crippen LogP contribution is -2.68. The lowest BCUT2D eigenvalue weighted by atomic mass is 9.80. The van der Waals surface area contributed by atoms with E-state index in [1.807, 2.05) is 0 Å². The standard InChI is InChI=1S/C34H35F3N6O2/c35-28-25(16-22-8-1-6-21-7-2-9-23(27(21)22)30(36)37)38-18-24-29(28)39-32(45-20-34-11-4-14-43(34)15-5-12-34)40-31(24)42-13-3-10-33(19-42)17-26(44)41-33/h1-2,6-9,18,30H,3-5,10-17,19-20H2,(H,41,44). The number of aromatic nitrogens is 3. The number of β-lactam (4-membered cyclic amide) rings is 1. The zero-order valence-corrected chi connectivity index (χ0v) is 25.0. The average molecular weight is 617 g/mol. The lowest BCUT2D eigenvalue weighted by molar-refractivity contribution is -0.133. The molecule has 0 aliphatic carbocycles. The van der Waals surface area contributed by atoms with Crippen molar-refractivity contribution in [1.82, 2.24) is 25.2 Å². The Hall–Kier alpha value is -3.99. The Morgan fingerprint density at radius 1 is 1.00 bits per heavy atom. The third-order valence-electron chi connectivity index (χ3n) is 10.4. The highest BCUT2D eigenvalue weighted by Crippen LogP contribution is 2.40. The molecule has 1 spiro atoms. The molecule has 0 bridgehead atoms. The zero-order chi connectivity index (χ0) is 30.8. The summed E-state index contributed by atoms with van der Waals surface area (Å²) in [5.74, 6) is -0.0469. The Labute approximate surface area is 259 Å². The monoisotopic (exact) mass is 616 g/mol. The van der Waals surface area contributed by atoms with Gasteiger partial charge in [0.2, 0.25) is 5.91 Å². The van der Waals surface area contributed by atoms with Crippen LogP contribution in [0.2, 0.25) is 0 Å². The topological polar surface area (TPSA) is 83.5 Å². The van der Waals surface area contributed by atoms with Gasteiger partial charge in [-0.15, -0.1) is 0 Å². The van der Waals surface area contributed by atoms with Crippen LogP contribution in [0.5, 0.6) is 6.01 Å². The number of anilines is 1. The fourth-order valence-electron chi connectivity index (χ4n) is 8.25. The van der Waals surface area contributed by atoms with Gasteiger partial charge >= 0.3 is 6.01 Å². The molecule has 4 aromatic rings. The van der Waals surface area contributed by atoms with Crippen molar-refractivity contribution in [1.29, 1.82) is 0 Å². The molecule has 4 aliphatic rings. The molecule has 1 N–H and O–H groups in total. The minimum atomic E-state index is -2.66. The van der Waals surface area contributed by atoms with E-state index in [4.69, 9.17) is 9.72 Å². The highest BCUT2D eigenvalue weighted by Gasteiger charge is 2.47. The summed E-state index contributed by atoms with van der Waals surface area (Å²) in [6.07, 6.45) is 5.48. The van der Waals surface area contributed by atoms with Crippen LogP contribution in [0, 0.1) is 5.82 Å². The Balaban J connectivity index is 1.19. The van der Waals surface area contributed by atoms with Crippen LogP contribution in [0.3, 0.4) is 0 Å². The number of hydrogen-bond donors (Lipinski definition) is 1. The number of benzene rings is 2. The van der Waals surface area contributed by atoms with E-state index in [9.17, 15) is 13.6 Å². The summed E-state index contributed by atoms with van der Waals surface area (Å²) in [7, 11) is 0. The van der Waals surface area contributed by atoms with Crippen LogP contribution in [0.25, 0.3) is 21.7 Å². The third-order valence-corrected chi connectivity index (χ3v) is 10.4. The summed E-state index contributed by atoms with van der Waals surface area (Å²) in [4.78, 5) is 30.4. The molecule has 2 aromatic carbocycles. The van der Waals surface area contributed by atoms with Crippen molar-refractivity contribution in [2.24, 2.45) is 0 Å². The van der Waals surface area contributed by atoms with Crippen LogP contribution in [-0.4, -0.2) is 69.6 Å². The zero-order valence-electron chi connectivity index (χ0n) is 25.0. The van der Waals surface area contributed by atoms with E-state index in [0.717, 1.165) is 51.6 Å². The largest absolute Gasteiger partial charge is 0.461 e. The van der Waals surface area contributed by atoms with E-state index in [1.54, 1.807) is 36.5 Å². The molecule has 45 heavy (non-hydrogen) atoms. The van der Waals surface area contributed by atoms with E-state index in [1.165, 1.54) is 6.07 Å². The fraction of sp³-hybridized carbons (Fsp3) is 0.471. The molecule has 1 amide bonds. The van der Waals surface area contributed by atoms with Gasteiger partial charge in [0.1, 0.15) is 17.9 Å². The van der Waals surface area contributed by atoms with Gasteiger partial charge in [-0.25, -0.2) is 13.2 Å². The highest BCUT2D eigenvalue weighted by atomic mass is 19.3. The maximum atomic E-state index is 16.5. The van der Waals surface area contributed by atoms with Gasteiger partial charge < -0.3 is 15.0 Å². The number of nitrogens with zero attached hydrogens (tertiary/aromatic N) is 5. The molecule has 4 aliphatic heterocycles. The third kappa shape index (κ3) is 4.86. The minimum absolute atomic E-state index is 0.0231. The fourth-order valence-corrected chi connectivity index (χ4v) is 8.25. The maximum Gasteiger partial charge on any atom is 0.319 e. The van der Waals surface area contributed by atoms with Gasteiger partial charge in [0, 0.05) is 31.3 Å². The van der Waals surface area contributed by atoms with Gasteiger partial charge in [0.05, 0.1) is 28.6 Å². The van der Waals surface area contributed by atoms with E-state index in [0.29, 0.717) is 53.7 Å². The van der Waals surface area contributed by atoms with Crippen LogP contribution < -0.4 is 15.0 Å². The highest BCUT2D eigenvalue weighted by molar-refractivity contribution is 5.92. The predicted molar refractivity (Wildman–Crippen MR) is 164 cm³/mol. The molecular formula is C34H35F3N6O2. The number of carbonyl (C=O) groups excluding carboxylic acids is 1. The van der Waals surface area contributed by atoms with E-state index in [2.05, 4.69) is 25.1 Å². The SMILES string of the molecule is O=C1CC2(CCCN(c3nc(OCC45CCCN4CCC5)nc4c(F)c(Cc5cccc6cccc(C(F)F)c56)ncc34)C2)N1. The molecule has 0 saturated carbocycles. The molecule has 1 unspecified atom stereocenters. The summed E-state index contributed by atoms with van der Waals surface area (Å²) < 4.78 is 50.8. The number of piperidine rings is 1. The second kappa shape index (κ2) is 10.8. The molecule has 4 fully saturated rings. The molecule has 4 saturated heterocycles. The van der Waals surface area contributed by atoms with Gasteiger partial charge in [-0.1, -0.05) is 36.4 Å². The molecule has 6 heterocycles. The van der Waals surface area contributed by atoms with Crippen molar-refractivity contribution >= 4 is 33.4 Å². The quantitative estimate of drug-likeness (QED) is 0.266. The van der Waals surface area contributed by atoms with Crippen LogP contribution in [0.1, 0.15) is 68.2 Å². The molecule has 234 valence electrons. The van der Waals surface area contributed by atoms with Crippen LogP contribution in [0.4, 0.5) is 19.0 Å². The number of ether oxygens (including phenoxy) is 1. The Morgan fingerprint density at radius 3 is 2.51 bits per heavy atom. The van der Waals surface area contributed by atoms with Gasteiger partial charge in [0.15, 0.2) is 5.82 Å². The van der Waals surface area contributed by atoms with Crippen molar-refractivity contribution in [3.05, 3.63) is 65.2 Å². The van der Waals surface area contributed by atoms with Crippen molar-refractivity contribution in [2.45, 2.75) is 68.9 Å². The first-order valence-electron chi connectivity index (χ1n) is 15.9. The van der Waals surface area contributed by atoms with Crippen molar-refractivity contribution in [2.75, 3.05) is 37.7 Å². The van der Waals surface area contributed by atoms with Gasteiger partial charge in [-0.2, -0.15) is 9.97 Å². The normalized spacial score (nSPS) is 22.8. The van der Waals surface area contributed by atoms with Gasteiger partial charge in [0.25, 0.3) is 6.43 Å². The summed E-state index contributed by atoms with van der Waals surface area (Å²) in [5.41, 5.74) is 0.344.